The summed E-state index contributed by atoms with van der Waals surface area (Å²) in [5.74, 6) is -0.197. The fraction of sp³-hybridized carbons (Fsp3) is 0.533. The van der Waals surface area contributed by atoms with Crippen LogP contribution in [0.15, 0.2) is 18.2 Å². The number of rotatable bonds is 4. The monoisotopic (exact) mass is 345 g/mol. The summed E-state index contributed by atoms with van der Waals surface area (Å²) in [6.45, 7) is 4.23. The molecule has 0 saturated carbocycles. The molecule has 1 aliphatic rings. The number of hydrogen-bond donors (Lipinski definition) is 0. The fourth-order valence-corrected chi connectivity index (χ4v) is 3.72. The first-order chi connectivity index (χ1) is 10.3. The molecular weight excluding hydrogens is 326 g/mol. The first kappa shape index (κ1) is 17.2. The van der Waals surface area contributed by atoms with Gasteiger partial charge >= 0.3 is 5.97 Å². The second kappa shape index (κ2) is 6.98. The first-order valence-electron chi connectivity index (χ1n) is 7.29. The number of esters is 1. The van der Waals surface area contributed by atoms with E-state index in [0.29, 0.717) is 36.7 Å². The van der Waals surface area contributed by atoms with E-state index in [1.807, 2.05) is 13.0 Å². The number of aryl methyl sites for hydroxylation is 1. The quantitative estimate of drug-likeness (QED) is 0.621. The minimum Gasteiger partial charge on any atom is -0.425 e. The number of carbonyl (C=O) groups is 1. The zero-order chi connectivity index (χ0) is 16.3. The van der Waals surface area contributed by atoms with Crippen molar-refractivity contribution in [1.29, 1.82) is 0 Å². The summed E-state index contributed by atoms with van der Waals surface area (Å²) in [4.78, 5) is 12.2. The Kier molecular flexibility index (Phi) is 5.47. The van der Waals surface area contributed by atoms with Gasteiger partial charge < -0.3 is 4.74 Å². The van der Waals surface area contributed by atoms with Crippen molar-refractivity contribution in [3.8, 4) is 5.75 Å². The average molecular weight is 346 g/mol. The maximum absolute atomic E-state index is 12.2. The summed E-state index contributed by atoms with van der Waals surface area (Å²) in [7, 11) is -3.18. The summed E-state index contributed by atoms with van der Waals surface area (Å²) in [6, 6.07) is 5.25. The summed E-state index contributed by atoms with van der Waals surface area (Å²) in [5, 5.41) is 0.393. The molecule has 0 atom stereocenters. The Balaban J connectivity index is 1.97. The smallest absolute Gasteiger partial charge is 0.314 e. The standard InChI is InChI=1S/C15H20ClNO4S/c1-3-22(19,20)17-8-6-12(7-9-17)15(18)21-14-10-11(2)4-5-13(14)16/h4-5,10,12H,3,6-9H2,1-2H3. The Hall–Kier alpha value is -1.11. The van der Waals surface area contributed by atoms with Gasteiger partial charge in [0.05, 0.1) is 16.7 Å². The number of sulfonamides is 1. The molecule has 122 valence electrons. The first-order valence-corrected chi connectivity index (χ1v) is 9.28. The number of nitrogens with zero attached hydrogens (tertiary/aromatic N) is 1. The van der Waals surface area contributed by atoms with E-state index >= 15 is 0 Å². The van der Waals surface area contributed by atoms with Crippen LogP contribution < -0.4 is 4.74 Å². The maximum Gasteiger partial charge on any atom is 0.314 e. The second-order valence-electron chi connectivity index (χ2n) is 5.43. The minimum atomic E-state index is -3.18. The second-order valence-corrected chi connectivity index (χ2v) is 8.09. The molecule has 2 rings (SSSR count). The summed E-state index contributed by atoms with van der Waals surface area (Å²) < 4.78 is 30.4. The molecule has 0 aliphatic carbocycles. The van der Waals surface area contributed by atoms with Crippen LogP contribution >= 0.6 is 11.6 Å². The predicted octanol–water partition coefficient (Wildman–Crippen LogP) is 2.62. The van der Waals surface area contributed by atoms with Crippen molar-refractivity contribution in [2.75, 3.05) is 18.8 Å². The number of carbonyl (C=O) groups excluding carboxylic acids is 1. The van der Waals surface area contributed by atoms with Crippen molar-refractivity contribution in [1.82, 2.24) is 4.31 Å². The third-order valence-corrected chi connectivity index (χ3v) is 6.04. The number of benzene rings is 1. The molecule has 7 heteroatoms. The van der Waals surface area contributed by atoms with Gasteiger partial charge in [-0.05, 0) is 44.4 Å². The number of halogens is 1. The van der Waals surface area contributed by atoms with E-state index in [1.165, 1.54) is 4.31 Å². The molecule has 1 fully saturated rings. The molecule has 0 amide bonds. The zero-order valence-electron chi connectivity index (χ0n) is 12.7. The highest BCUT2D eigenvalue weighted by atomic mass is 35.5. The lowest BCUT2D eigenvalue weighted by Gasteiger charge is -2.29. The maximum atomic E-state index is 12.2. The topological polar surface area (TPSA) is 63.7 Å². The number of piperidine rings is 1. The highest BCUT2D eigenvalue weighted by Gasteiger charge is 2.31. The Labute approximate surface area is 136 Å². The molecule has 1 aromatic rings. The lowest BCUT2D eigenvalue weighted by Crippen LogP contribution is -2.41. The van der Waals surface area contributed by atoms with Gasteiger partial charge in [-0.3, -0.25) is 4.79 Å². The van der Waals surface area contributed by atoms with Crippen LogP contribution in [0.4, 0.5) is 0 Å². The Bertz CT molecular complexity index is 652. The zero-order valence-corrected chi connectivity index (χ0v) is 14.3. The third kappa shape index (κ3) is 4.00. The summed E-state index contributed by atoms with van der Waals surface area (Å²) >= 11 is 6.02. The lowest BCUT2D eigenvalue weighted by molar-refractivity contribution is -0.140. The van der Waals surface area contributed by atoms with Gasteiger partial charge in [0.2, 0.25) is 10.0 Å². The van der Waals surface area contributed by atoms with Crippen molar-refractivity contribution < 1.29 is 17.9 Å². The molecule has 0 spiro atoms. The van der Waals surface area contributed by atoms with Crippen molar-refractivity contribution in [3.05, 3.63) is 28.8 Å². The van der Waals surface area contributed by atoms with E-state index < -0.39 is 10.0 Å². The van der Waals surface area contributed by atoms with E-state index in [4.69, 9.17) is 16.3 Å². The van der Waals surface area contributed by atoms with Crippen LogP contribution in [-0.4, -0.2) is 37.5 Å². The average Bonchev–Trinajstić information content (AvgIpc) is 2.51. The molecule has 0 radical (unpaired) electrons. The van der Waals surface area contributed by atoms with Crippen LogP contribution in [0.1, 0.15) is 25.3 Å². The van der Waals surface area contributed by atoms with Crippen LogP contribution in [-0.2, 0) is 14.8 Å². The number of hydrogen-bond acceptors (Lipinski definition) is 4. The molecule has 0 N–H and O–H groups in total. The molecular formula is C15H20ClNO4S. The molecule has 5 nitrogen and oxygen atoms in total. The van der Waals surface area contributed by atoms with E-state index in [1.54, 1.807) is 19.1 Å². The molecule has 0 aromatic heterocycles. The van der Waals surface area contributed by atoms with Gasteiger partial charge in [0, 0.05) is 13.1 Å². The molecule has 0 unspecified atom stereocenters. The summed E-state index contributed by atoms with van der Waals surface area (Å²) in [5.41, 5.74) is 0.955. The highest BCUT2D eigenvalue weighted by Crippen LogP contribution is 2.28. The van der Waals surface area contributed by atoms with E-state index in [0.717, 1.165) is 5.56 Å². The molecule has 1 aliphatic heterocycles. The van der Waals surface area contributed by atoms with Gasteiger partial charge in [-0.15, -0.1) is 0 Å². The fourth-order valence-electron chi connectivity index (χ4n) is 2.43. The van der Waals surface area contributed by atoms with Gasteiger partial charge in [-0.1, -0.05) is 17.7 Å². The van der Waals surface area contributed by atoms with Gasteiger partial charge in [0.1, 0.15) is 5.75 Å². The van der Waals surface area contributed by atoms with Crippen molar-refractivity contribution in [2.24, 2.45) is 5.92 Å². The third-order valence-electron chi connectivity index (χ3n) is 3.84. The lowest BCUT2D eigenvalue weighted by atomic mass is 9.98. The van der Waals surface area contributed by atoms with Crippen LogP contribution in [0.2, 0.25) is 5.02 Å². The van der Waals surface area contributed by atoms with Crippen LogP contribution in [0.25, 0.3) is 0 Å². The van der Waals surface area contributed by atoms with Gasteiger partial charge in [0.15, 0.2) is 0 Å². The Morgan fingerprint density at radius 3 is 2.59 bits per heavy atom. The van der Waals surface area contributed by atoms with E-state index in [-0.39, 0.29) is 17.6 Å². The Morgan fingerprint density at radius 2 is 2.00 bits per heavy atom. The minimum absolute atomic E-state index is 0.0843. The van der Waals surface area contributed by atoms with Gasteiger partial charge in [0.25, 0.3) is 0 Å². The van der Waals surface area contributed by atoms with Gasteiger partial charge in [-0.25, -0.2) is 12.7 Å². The van der Waals surface area contributed by atoms with Crippen LogP contribution in [0, 0.1) is 12.8 Å². The molecule has 22 heavy (non-hydrogen) atoms. The normalized spacial score (nSPS) is 17.4. The Morgan fingerprint density at radius 1 is 1.36 bits per heavy atom. The van der Waals surface area contributed by atoms with Crippen molar-refractivity contribution in [2.45, 2.75) is 26.7 Å². The van der Waals surface area contributed by atoms with E-state index in [2.05, 4.69) is 0 Å². The molecule has 1 heterocycles. The van der Waals surface area contributed by atoms with Gasteiger partial charge in [-0.2, -0.15) is 0 Å². The number of ether oxygens (including phenoxy) is 1. The van der Waals surface area contributed by atoms with Crippen LogP contribution in [0.3, 0.4) is 0 Å². The van der Waals surface area contributed by atoms with Crippen molar-refractivity contribution in [3.63, 3.8) is 0 Å². The molecule has 1 saturated heterocycles. The molecule has 0 bridgehead atoms. The van der Waals surface area contributed by atoms with Crippen LogP contribution in [0.5, 0.6) is 5.75 Å². The highest BCUT2D eigenvalue weighted by molar-refractivity contribution is 7.89. The molecule has 1 aromatic carbocycles. The van der Waals surface area contributed by atoms with E-state index in [9.17, 15) is 13.2 Å². The van der Waals surface area contributed by atoms with Crippen molar-refractivity contribution >= 4 is 27.6 Å². The predicted molar refractivity (Wildman–Crippen MR) is 85.6 cm³/mol. The summed E-state index contributed by atoms with van der Waals surface area (Å²) in [6.07, 6.45) is 0.947. The largest absolute Gasteiger partial charge is 0.425 e. The SMILES string of the molecule is CCS(=O)(=O)N1CCC(C(=O)Oc2cc(C)ccc2Cl)CC1.